The maximum absolute atomic E-state index is 12.5. The van der Waals surface area contributed by atoms with Gasteiger partial charge in [-0.2, -0.15) is 0 Å². The zero-order valence-electron chi connectivity index (χ0n) is 16.6. The van der Waals surface area contributed by atoms with Gasteiger partial charge in [-0.1, -0.05) is 12.1 Å². The van der Waals surface area contributed by atoms with Gasteiger partial charge < -0.3 is 15.0 Å². The van der Waals surface area contributed by atoms with E-state index < -0.39 is 0 Å². The van der Waals surface area contributed by atoms with Crippen molar-refractivity contribution in [3.8, 4) is 5.75 Å². The van der Waals surface area contributed by atoms with Crippen LogP contribution in [0.1, 0.15) is 42.1 Å². The van der Waals surface area contributed by atoms with Crippen LogP contribution in [0, 0.1) is 6.92 Å². The first-order valence-corrected chi connectivity index (χ1v) is 10.0. The monoisotopic (exact) mass is 397 g/mol. The maximum atomic E-state index is 12.5. The number of aryl methyl sites for hydroxylation is 1. The molecule has 28 heavy (non-hydrogen) atoms. The van der Waals surface area contributed by atoms with Crippen LogP contribution in [0.15, 0.2) is 42.5 Å². The molecule has 0 bridgehead atoms. The standard InChI is InChI=1S/C22H27N3O2S/c1-15-7-6-9-19(20(15)27-3)21(26)24-22(28)23-17-10-12-18(13-11-17)25-14-5-4-8-16(25)2/h6-7,9-13,16H,4-5,8,14H2,1-3H3,(H2,23,24,26,28)/t16-/m0/s1. The highest BCUT2D eigenvalue weighted by molar-refractivity contribution is 7.80. The van der Waals surface area contributed by atoms with Gasteiger partial charge in [0.05, 0.1) is 12.7 Å². The van der Waals surface area contributed by atoms with Gasteiger partial charge in [-0.05, 0) is 81.2 Å². The second-order valence-corrected chi connectivity index (χ2v) is 7.56. The molecule has 5 nitrogen and oxygen atoms in total. The molecule has 2 N–H and O–H groups in total. The Morgan fingerprint density at radius 1 is 1.18 bits per heavy atom. The van der Waals surface area contributed by atoms with Gasteiger partial charge in [0.15, 0.2) is 5.11 Å². The van der Waals surface area contributed by atoms with Crippen LogP contribution in [0.3, 0.4) is 0 Å². The van der Waals surface area contributed by atoms with Crippen molar-refractivity contribution < 1.29 is 9.53 Å². The van der Waals surface area contributed by atoms with Gasteiger partial charge in [0.1, 0.15) is 5.75 Å². The fraction of sp³-hybridized carbons (Fsp3) is 0.364. The normalized spacial score (nSPS) is 16.4. The smallest absolute Gasteiger partial charge is 0.261 e. The number of ether oxygens (including phenoxy) is 1. The molecule has 1 fully saturated rings. The lowest BCUT2D eigenvalue weighted by Gasteiger charge is -2.35. The van der Waals surface area contributed by atoms with Crippen LogP contribution in [0.2, 0.25) is 0 Å². The summed E-state index contributed by atoms with van der Waals surface area (Å²) in [5.41, 5.74) is 3.42. The number of carbonyl (C=O) groups excluding carboxylic acids is 1. The van der Waals surface area contributed by atoms with Crippen molar-refractivity contribution in [2.45, 2.75) is 39.2 Å². The molecule has 6 heteroatoms. The fourth-order valence-corrected chi connectivity index (χ4v) is 3.86. The lowest BCUT2D eigenvalue weighted by Crippen LogP contribution is -2.37. The van der Waals surface area contributed by atoms with Crippen LogP contribution >= 0.6 is 12.2 Å². The molecule has 0 aliphatic carbocycles. The van der Waals surface area contributed by atoms with Crippen molar-refractivity contribution in [2.75, 3.05) is 23.9 Å². The minimum absolute atomic E-state index is 0.257. The van der Waals surface area contributed by atoms with Crippen LogP contribution < -0.4 is 20.3 Å². The average Bonchev–Trinajstić information content (AvgIpc) is 2.68. The summed E-state index contributed by atoms with van der Waals surface area (Å²) in [5.74, 6) is 0.264. The molecule has 1 aliphatic rings. The average molecular weight is 398 g/mol. The molecule has 0 spiro atoms. The van der Waals surface area contributed by atoms with E-state index in [1.165, 1.54) is 24.9 Å². The van der Waals surface area contributed by atoms with Crippen molar-refractivity contribution in [3.05, 3.63) is 53.6 Å². The SMILES string of the molecule is COc1c(C)cccc1C(=O)NC(=S)Nc1ccc(N2CCCC[C@@H]2C)cc1. The molecular weight excluding hydrogens is 370 g/mol. The van der Waals surface area contributed by atoms with Crippen LogP contribution in [-0.4, -0.2) is 30.7 Å². The van der Waals surface area contributed by atoms with E-state index in [0.717, 1.165) is 17.8 Å². The number of methoxy groups -OCH3 is 1. The number of carbonyl (C=O) groups is 1. The second kappa shape index (κ2) is 9.06. The Bertz CT molecular complexity index is 851. The number of rotatable bonds is 4. The molecule has 1 aliphatic heterocycles. The Kier molecular flexibility index (Phi) is 6.52. The lowest BCUT2D eigenvalue weighted by molar-refractivity contribution is 0.0974. The summed E-state index contributed by atoms with van der Waals surface area (Å²) >= 11 is 5.31. The van der Waals surface area contributed by atoms with Gasteiger partial charge >= 0.3 is 0 Å². The Hall–Kier alpha value is -2.60. The molecule has 2 aromatic carbocycles. The fourth-order valence-electron chi connectivity index (χ4n) is 3.65. The summed E-state index contributed by atoms with van der Waals surface area (Å²) in [4.78, 5) is 15.0. The molecule has 1 heterocycles. The van der Waals surface area contributed by atoms with Gasteiger partial charge in [0, 0.05) is 24.0 Å². The number of hydrogen-bond donors (Lipinski definition) is 2. The molecule has 2 aromatic rings. The summed E-state index contributed by atoms with van der Waals surface area (Å²) in [5, 5.41) is 6.06. The van der Waals surface area contributed by atoms with Gasteiger partial charge in [0.25, 0.3) is 5.91 Å². The van der Waals surface area contributed by atoms with Crippen LogP contribution in [-0.2, 0) is 0 Å². The van der Waals surface area contributed by atoms with Gasteiger partial charge in [0.2, 0.25) is 0 Å². The number of benzene rings is 2. The Labute approximate surface area is 172 Å². The molecule has 1 saturated heterocycles. The zero-order chi connectivity index (χ0) is 20.1. The quantitative estimate of drug-likeness (QED) is 0.744. The van der Waals surface area contributed by atoms with Crippen molar-refractivity contribution in [2.24, 2.45) is 0 Å². The summed E-state index contributed by atoms with van der Waals surface area (Å²) < 4.78 is 5.35. The third-order valence-electron chi connectivity index (χ3n) is 5.15. The molecule has 0 aromatic heterocycles. The van der Waals surface area contributed by atoms with E-state index in [9.17, 15) is 4.79 Å². The summed E-state index contributed by atoms with van der Waals surface area (Å²) in [7, 11) is 1.56. The van der Waals surface area contributed by atoms with Crippen LogP contribution in [0.25, 0.3) is 0 Å². The first-order valence-electron chi connectivity index (χ1n) is 9.62. The first kappa shape index (κ1) is 20.1. The third kappa shape index (κ3) is 4.62. The van der Waals surface area contributed by atoms with Crippen molar-refractivity contribution >= 4 is 34.6 Å². The largest absolute Gasteiger partial charge is 0.496 e. The van der Waals surface area contributed by atoms with E-state index in [-0.39, 0.29) is 11.0 Å². The summed E-state index contributed by atoms with van der Waals surface area (Å²) in [6, 6.07) is 14.2. The molecule has 1 amide bonds. The minimum atomic E-state index is -0.295. The number of hydrogen-bond acceptors (Lipinski definition) is 4. The van der Waals surface area contributed by atoms with E-state index in [2.05, 4.69) is 34.6 Å². The number of para-hydroxylation sites is 1. The Morgan fingerprint density at radius 3 is 2.61 bits per heavy atom. The highest BCUT2D eigenvalue weighted by Crippen LogP contribution is 2.26. The van der Waals surface area contributed by atoms with E-state index >= 15 is 0 Å². The number of nitrogens with zero attached hydrogens (tertiary/aromatic N) is 1. The van der Waals surface area contributed by atoms with Crippen LogP contribution in [0.4, 0.5) is 11.4 Å². The summed E-state index contributed by atoms with van der Waals surface area (Å²) in [6.45, 7) is 5.27. The number of thiocarbonyl (C=S) groups is 1. The van der Waals surface area contributed by atoms with Crippen molar-refractivity contribution in [1.29, 1.82) is 0 Å². The van der Waals surface area contributed by atoms with Crippen molar-refractivity contribution in [1.82, 2.24) is 5.32 Å². The zero-order valence-corrected chi connectivity index (χ0v) is 17.4. The topological polar surface area (TPSA) is 53.6 Å². The molecule has 3 rings (SSSR count). The van der Waals surface area contributed by atoms with Gasteiger partial charge in [-0.3, -0.25) is 10.1 Å². The highest BCUT2D eigenvalue weighted by atomic mass is 32.1. The number of anilines is 2. The van der Waals surface area contributed by atoms with E-state index in [0.29, 0.717) is 17.4 Å². The molecule has 0 saturated carbocycles. The van der Waals surface area contributed by atoms with Crippen LogP contribution in [0.5, 0.6) is 5.75 Å². The molecular formula is C22H27N3O2S. The number of amides is 1. The van der Waals surface area contributed by atoms with Gasteiger partial charge in [-0.15, -0.1) is 0 Å². The summed E-state index contributed by atoms with van der Waals surface area (Å²) in [6.07, 6.45) is 3.78. The maximum Gasteiger partial charge on any atom is 0.261 e. The molecule has 148 valence electrons. The predicted molar refractivity (Wildman–Crippen MR) is 119 cm³/mol. The molecule has 0 unspecified atom stereocenters. The van der Waals surface area contributed by atoms with Crippen molar-refractivity contribution in [3.63, 3.8) is 0 Å². The second-order valence-electron chi connectivity index (χ2n) is 7.15. The predicted octanol–water partition coefficient (Wildman–Crippen LogP) is 4.51. The molecule has 0 radical (unpaired) electrons. The van der Waals surface area contributed by atoms with E-state index in [1.807, 2.05) is 31.2 Å². The highest BCUT2D eigenvalue weighted by Gasteiger charge is 2.18. The van der Waals surface area contributed by atoms with E-state index in [1.54, 1.807) is 13.2 Å². The first-order chi connectivity index (χ1) is 13.5. The minimum Gasteiger partial charge on any atom is -0.496 e. The third-order valence-corrected chi connectivity index (χ3v) is 5.35. The number of piperidine rings is 1. The Morgan fingerprint density at radius 2 is 1.93 bits per heavy atom. The van der Waals surface area contributed by atoms with E-state index in [4.69, 9.17) is 17.0 Å². The lowest BCUT2D eigenvalue weighted by atomic mass is 10.0. The number of nitrogens with one attached hydrogen (secondary N) is 2. The van der Waals surface area contributed by atoms with Gasteiger partial charge in [-0.25, -0.2) is 0 Å². The molecule has 1 atom stereocenters. The Balaban J connectivity index is 1.62.